The molecule has 19 rings (SSSR count). The summed E-state index contributed by atoms with van der Waals surface area (Å²) >= 11 is 0. The van der Waals surface area contributed by atoms with Crippen molar-refractivity contribution >= 4 is 130 Å². The SMILES string of the molecule is [2H]c1c([2H])c(-c2c3c([2H])c([2H])c([2H])c([2H])c3c(-c3c([2H])c([2H])c([2H])c4c([2H])c([2H])c([2H])c([2H])c34)c3c([2H])c([2H])c([2H])c([2H])c23)c2c(oc3c4c([2H])c([2H])c([2H])c([2H])c4c([2H])c([2H])c32)c1[2H].[2H]c1c([2H])c([2H])c(-c2c([2H])c(-c3c4c([2H])c([2H])c([2H])c([2H])c4c(-c4c([2H])c([2H])c([2H])c5oc6c7c([2H])c([2H])c([2H])c([2H])c7c([2H])c([2H])c6c45)c4c([2H])c([2H])c([2H])c([2H])c34)c3c([2H])c([2H])c([2H])c([2H])c3c2[2H])c([2H])c1[2H]. The summed E-state index contributed by atoms with van der Waals surface area (Å²) in [6.45, 7) is 0. The Kier molecular flexibility index (Phi) is 4.68. The summed E-state index contributed by atoms with van der Waals surface area (Å²) in [5.41, 5.74) is -9.71. The van der Waals surface area contributed by atoms with E-state index in [9.17, 15) is 21.9 Å². The molecule has 2 aromatic heterocycles. The van der Waals surface area contributed by atoms with Gasteiger partial charge in [-0.1, -0.05) is 278 Å². The summed E-state index contributed by atoms with van der Waals surface area (Å²) in [7, 11) is 0. The molecule has 0 spiro atoms. The van der Waals surface area contributed by atoms with E-state index >= 15 is 0 Å². The van der Waals surface area contributed by atoms with Gasteiger partial charge in [-0.25, -0.2) is 0 Å². The highest BCUT2D eigenvalue weighted by Gasteiger charge is 2.24. The molecule has 0 atom stereocenters. The number of hydrogen-bond acceptors (Lipinski definition) is 2. The molecule has 0 N–H and O–H groups in total. The van der Waals surface area contributed by atoms with Crippen molar-refractivity contribution in [2.24, 2.45) is 0 Å². The van der Waals surface area contributed by atoms with Crippen LogP contribution in [0.5, 0.6) is 0 Å². The van der Waals surface area contributed by atoms with E-state index in [1.807, 2.05) is 0 Å². The Bertz CT molecular complexity index is 9120. The second kappa shape index (κ2) is 20.0. The van der Waals surface area contributed by atoms with Gasteiger partial charge < -0.3 is 8.83 Å². The van der Waals surface area contributed by atoms with E-state index < -0.39 is 500 Å². The molecule has 0 unspecified atom stereocenters. The van der Waals surface area contributed by atoms with E-state index in [0.29, 0.717) is 0 Å². The summed E-state index contributed by atoms with van der Waals surface area (Å²) in [6, 6.07) is -47.4. The highest BCUT2D eigenvalue weighted by atomic mass is 16.3. The molecule has 2 nitrogen and oxygen atoms in total. The Morgan fingerprint density at radius 2 is 0.511 bits per heavy atom. The van der Waals surface area contributed by atoms with Crippen LogP contribution in [-0.2, 0) is 0 Å². The smallest absolute Gasteiger partial charge is 0.143 e. The summed E-state index contributed by atoms with van der Waals surface area (Å²) < 4.78 is 480. The summed E-state index contributed by atoms with van der Waals surface area (Å²) in [5, 5.41) is -12.4. The Morgan fingerprint density at radius 1 is 0.193 bits per heavy atom. The molecule has 88 heavy (non-hydrogen) atoms. The molecule has 0 fully saturated rings. The first kappa shape index (κ1) is 20.6. The average molecular weight is 1170 g/mol. The molecule has 2 heteroatoms. The molecule has 0 saturated carbocycles. The lowest BCUT2D eigenvalue weighted by Crippen LogP contribution is -1.93. The molecule has 0 saturated heterocycles. The Balaban J connectivity index is 0.000000187. The molecule has 17 aromatic carbocycles. The zero-order valence-electron chi connectivity index (χ0n) is 95.8. The van der Waals surface area contributed by atoms with Crippen molar-refractivity contribution in [3.63, 3.8) is 0 Å². The third-order valence-electron chi connectivity index (χ3n) is 14.7. The molecule has 19 aromatic rings. The van der Waals surface area contributed by atoms with Gasteiger partial charge in [-0.15, -0.1) is 0 Å². The zero-order valence-corrected chi connectivity index (χ0v) is 43.8. The number of furan rings is 2. The van der Waals surface area contributed by atoms with Crippen molar-refractivity contribution in [1.29, 1.82) is 0 Å². The van der Waals surface area contributed by atoms with Crippen molar-refractivity contribution in [3.8, 4) is 55.6 Å². The molecule has 0 amide bonds. The van der Waals surface area contributed by atoms with Gasteiger partial charge in [0.1, 0.15) is 22.3 Å². The fourth-order valence-corrected chi connectivity index (χ4v) is 11.2. The second-order valence-electron chi connectivity index (χ2n) is 19.3. The fraction of sp³-hybridized carbons (Fsp3) is 0. The Morgan fingerprint density at radius 3 is 0.966 bits per heavy atom. The minimum atomic E-state index is -1.08. The van der Waals surface area contributed by atoms with Crippen LogP contribution >= 0.6 is 0 Å². The van der Waals surface area contributed by atoms with Crippen LogP contribution in [0, 0.1) is 0 Å². The van der Waals surface area contributed by atoms with E-state index in [1.165, 1.54) is 0 Å². The standard InChI is InChI=1S/C46H28O.C40H24O/c1-2-13-29(14-3-1)32-27-31-16-5-6-17-33(31)41(28-32)44-37-21-10-8-19-35(37)43(36-20-9-11-22-38(36)44)39-23-12-24-42-45(39)40-26-25-30-15-4-7-18-34(30)46(40)47-42;1-3-14-27-25(11-1)13-9-20-29(27)37-30-16-5-7-18-32(30)38(33-19-8-6-17-31(33)37)34-21-10-22-36-39(34)35-24-23-26-12-2-4-15-28(26)40(35)41-36/h1-28H;1-24H/i1D,2D,3D,4D,5D,6D,7D,8D,9D,10D,11D,12D,13D,14D,15D,16D,17D,18D,19D,20D,21D,22D,23D,24D,25D,26D,27D,28D;1D,2D,3D,4D,5D,6D,7D,8D,9D,10D,11D,12D,13D,14D,15D,16D,17D,18D,19D,20D,21D,22D,23D,24D. The van der Waals surface area contributed by atoms with Crippen LogP contribution in [-0.4, -0.2) is 0 Å². The zero-order chi connectivity index (χ0) is 103. The van der Waals surface area contributed by atoms with Crippen LogP contribution in [0.1, 0.15) is 71.3 Å². The van der Waals surface area contributed by atoms with Gasteiger partial charge in [-0.2, -0.15) is 0 Å². The predicted molar refractivity (Wildman–Crippen MR) is 375 cm³/mol. The van der Waals surface area contributed by atoms with Gasteiger partial charge in [-0.3, -0.25) is 0 Å². The first-order chi connectivity index (χ1) is 65.3. The van der Waals surface area contributed by atoms with Crippen molar-refractivity contribution in [1.82, 2.24) is 0 Å². The number of fused-ring (bicyclic) bond motifs is 16. The van der Waals surface area contributed by atoms with Crippen LogP contribution in [0.4, 0.5) is 0 Å². The van der Waals surface area contributed by atoms with Crippen LogP contribution in [0.25, 0.3) is 186 Å². The maximum Gasteiger partial charge on any atom is 0.143 e. The van der Waals surface area contributed by atoms with Crippen molar-refractivity contribution in [2.45, 2.75) is 0 Å². The van der Waals surface area contributed by atoms with E-state index in [0.717, 1.165) is 0 Å². The maximum atomic E-state index is 9.99. The molecule has 2 heterocycles. The first-order valence-corrected chi connectivity index (χ1v) is 26.1. The van der Waals surface area contributed by atoms with Crippen LogP contribution in [0.3, 0.4) is 0 Å². The average Bonchev–Trinajstić information content (AvgIpc) is 1.66. The van der Waals surface area contributed by atoms with Crippen molar-refractivity contribution < 1.29 is 80.1 Å². The lowest BCUT2D eigenvalue weighted by atomic mass is 9.83. The molecular formula is C86H52O2. The van der Waals surface area contributed by atoms with E-state index in [1.54, 1.807) is 0 Å². The fourth-order valence-electron chi connectivity index (χ4n) is 11.2. The van der Waals surface area contributed by atoms with E-state index in [-0.39, 0.29) is 0 Å². The molecule has 0 aliphatic heterocycles. The maximum absolute atomic E-state index is 9.99. The summed E-state index contributed by atoms with van der Waals surface area (Å²) in [6.07, 6.45) is 0. The largest absolute Gasteiger partial charge is 0.455 e. The quantitative estimate of drug-likeness (QED) is 0.161. The highest BCUT2D eigenvalue weighted by molar-refractivity contribution is 6.30. The van der Waals surface area contributed by atoms with Gasteiger partial charge in [0.05, 0.1) is 71.3 Å². The lowest BCUT2D eigenvalue weighted by molar-refractivity contribution is 0.672. The first-order valence-electron chi connectivity index (χ1n) is 52.1. The van der Waals surface area contributed by atoms with E-state index in [4.69, 9.17) is 58.2 Å². The van der Waals surface area contributed by atoms with Gasteiger partial charge in [0.25, 0.3) is 0 Å². The van der Waals surface area contributed by atoms with Crippen LogP contribution in [0.15, 0.2) is 323 Å². The molecule has 408 valence electrons. The third kappa shape index (κ3) is 7.69. The molecule has 0 aliphatic rings. The Labute approximate surface area is 580 Å². The summed E-state index contributed by atoms with van der Waals surface area (Å²) in [4.78, 5) is 0. The Hall–Kier alpha value is -11.6. The van der Waals surface area contributed by atoms with Gasteiger partial charge in [0, 0.05) is 32.3 Å². The molecule has 0 radical (unpaired) electrons. The van der Waals surface area contributed by atoms with Gasteiger partial charge in [0.15, 0.2) is 0 Å². The minimum absolute atomic E-state index is 0.427. The molecule has 0 bridgehead atoms. The number of hydrogen-bond donors (Lipinski definition) is 0. The minimum Gasteiger partial charge on any atom is -0.455 e. The molecular weight excluding hydrogens is 1060 g/mol. The predicted octanol–water partition coefficient (Wildman–Crippen LogP) is 24.7. The second-order valence-corrected chi connectivity index (χ2v) is 19.3. The number of rotatable bonds is 5. The molecule has 0 aliphatic carbocycles. The van der Waals surface area contributed by atoms with E-state index in [2.05, 4.69) is 0 Å². The summed E-state index contributed by atoms with van der Waals surface area (Å²) in [5.74, 6) is 0. The third-order valence-corrected chi connectivity index (χ3v) is 14.7. The van der Waals surface area contributed by atoms with Gasteiger partial charge in [0.2, 0.25) is 0 Å². The number of benzene rings is 17. The normalized spacial score (nSPS) is 20.1. The van der Waals surface area contributed by atoms with Crippen molar-refractivity contribution in [2.75, 3.05) is 0 Å². The van der Waals surface area contributed by atoms with Crippen molar-refractivity contribution in [3.05, 3.63) is 314 Å². The topological polar surface area (TPSA) is 26.3 Å². The van der Waals surface area contributed by atoms with Gasteiger partial charge >= 0.3 is 0 Å². The van der Waals surface area contributed by atoms with Gasteiger partial charge in [-0.05, 0) is 167 Å². The van der Waals surface area contributed by atoms with Crippen LogP contribution < -0.4 is 0 Å². The lowest BCUT2D eigenvalue weighted by Gasteiger charge is -2.20. The van der Waals surface area contributed by atoms with Crippen LogP contribution in [0.2, 0.25) is 0 Å². The monoisotopic (exact) mass is 1170 g/mol. The highest BCUT2D eigenvalue weighted by Crippen LogP contribution is 2.51.